The Balaban J connectivity index is 1.85. The lowest BCUT2D eigenvalue weighted by molar-refractivity contribution is -0.141. The number of urea groups is 1. The molecule has 1 aromatic carbocycles. The first-order chi connectivity index (χ1) is 12.9. The molecule has 3 amide bonds. The smallest absolute Gasteiger partial charge is 0.317 e. The van der Waals surface area contributed by atoms with Crippen LogP contribution in [-0.4, -0.2) is 41.5 Å². The summed E-state index contributed by atoms with van der Waals surface area (Å²) >= 11 is 0. The number of rotatable bonds is 7. The number of hydrogen-bond acceptors (Lipinski definition) is 3. The van der Waals surface area contributed by atoms with E-state index in [-0.39, 0.29) is 24.4 Å². The lowest BCUT2D eigenvalue weighted by Gasteiger charge is -2.21. The van der Waals surface area contributed by atoms with Gasteiger partial charge < -0.3 is 20.6 Å². The molecule has 0 saturated heterocycles. The predicted octanol–water partition coefficient (Wildman–Crippen LogP) is 3.07. The van der Waals surface area contributed by atoms with Crippen molar-refractivity contribution in [1.29, 1.82) is 0 Å². The Bertz CT molecular complexity index is 671. The van der Waals surface area contributed by atoms with Gasteiger partial charge in [-0.25, -0.2) is 4.79 Å². The van der Waals surface area contributed by atoms with Gasteiger partial charge in [0.15, 0.2) is 0 Å². The van der Waals surface area contributed by atoms with Gasteiger partial charge in [0.25, 0.3) is 0 Å². The maximum Gasteiger partial charge on any atom is 0.317 e. The molecule has 1 aliphatic rings. The molecule has 1 unspecified atom stereocenters. The largest absolute Gasteiger partial charge is 0.481 e. The molecule has 27 heavy (non-hydrogen) atoms. The Morgan fingerprint density at radius 3 is 2.59 bits per heavy atom. The molecule has 148 valence electrons. The molecule has 1 aliphatic carbocycles. The van der Waals surface area contributed by atoms with Crippen LogP contribution in [0.5, 0.6) is 0 Å². The third kappa shape index (κ3) is 6.58. The summed E-state index contributed by atoms with van der Waals surface area (Å²) in [5, 5.41) is 14.7. The number of hydrogen-bond donors (Lipinski definition) is 3. The summed E-state index contributed by atoms with van der Waals surface area (Å²) in [6.45, 7) is 2.00. The summed E-state index contributed by atoms with van der Waals surface area (Å²) in [6.07, 6.45) is 5.32. The molecule has 0 aromatic heterocycles. The summed E-state index contributed by atoms with van der Waals surface area (Å²) in [7, 11) is 1.57. The standard InChI is InChI=1S/C20H29N3O4/c1-14(19(25)26)13-23(2)20(27)21-12-15-7-6-10-17(11-15)22-18(24)16-8-4-3-5-9-16/h6-7,10-11,14,16H,3-5,8-9,12-13H2,1-2H3,(H,21,27)(H,22,24)(H,25,26). The number of carbonyl (C=O) groups is 3. The highest BCUT2D eigenvalue weighted by Crippen LogP contribution is 2.25. The number of benzene rings is 1. The van der Waals surface area contributed by atoms with Crippen molar-refractivity contribution < 1.29 is 19.5 Å². The number of carbonyl (C=O) groups excluding carboxylic acids is 2. The molecule has 7 nitrogen and oxygen atoms in total. The molecule has 1 saturated carbocycles. The molecule has 2 rings (SSSR count). The molecule has 0 aliphatic heterocycles. The van der Waals surface area contributed by atoms with E-state index in [2.05, 4.69) is 10.6 Å². The molecule has 1 aromatic rings. The molecular formula is C20H29N3O4. The highest BCUT2D eigenvalue weighted by atomic mass is 16.4. The summed E-state index contributed by atoms with van der Waals surface area (Å²) in [4.78, 5) is 36.7. The van der Waals surface area contributed by atoms with Gasteiger partial charge in [0, 0.05) is 31.7 Å². The average Bonchev–Trinajstić information content (AvgIpc) is 2.66. The van der Waals surface area contributed by atoms with Gasteiger partial charge in [0.2, 0.25) is 5.91 Å². The fourth-order valence-corrected chi connectivity index (χ4v) is 3.25. The molecule has 3 N–H and O–H groups in total. The summed E-state index contributed by atoms with van der Waals surface area (Å²) < 4.78 is 0. The first-order valence-corrected chi connectivity index (χ1v) is 9.48. The van der Waals surface area contributed by atoms with Crippen LogP contribution >= 0.6 is 0 Å². The van der Waals surface area contributed by atoms with Crippen molar-refractivity contribution in [3.8, 4) is 0 Å². The van der Waals surface area contributed by atoms with Gasteiger partial charge >= 0.3 is 12.0 Å². The number of nitrogens with one attached hydrogen (secondary N) is 2. The topological polar surface area (TPSA) is 98.7 Å². The number of nitrogens with zero attached hydrogens (tertiary/aromatic N) is 1. The molecule has 0 bridgehead atoms. The van der Waals surface area contributed by atoms with Gasteiger partial charge in [-0.3, -0.25) is 9.59 Å². The van der Waals surface area contributed by atoms with Crippen LogP contribution < -0.4 is 10.6 Å². The fourth-order valence-electron chi connectivity index (χ4n) is 3.25. The molecule has 1 atom stereocenters. The maximum absolute atomic E-state index is 12.4. The summed E-state index contributed by atoms with van der Waals surface area (Å²) in [5.41, 5.74) is 1.59. The molecule has 0 radical (unpaired) electrons. The Labute approximate surface area is 160 Å². The van der Waals surface area contributed by atoms with Gasteiger partial charge in [-0.05, 0) is 30.5 Å². The van der Waals surface area contributed by atoms with Crippen molar-refractivity contribution in [3.63, 3.8) is 0 Å². The van der Waals surface area contributed by atoms with Crippen molar-refractivity contribution >= 4 is 23.6 Å². The first-order valence-electron chi connectivity index (χ1n) is 9.48. The number of anilines is 1. The molecule has 7 heteroatoms. The Hall–Kier alpha value is -2.57. The second-order valence-corrected chi connectivity index (χ2v) is 7.30. The zero-order valence-corrected chi connectivity index (χ0v) is 16.0. The lowest BCUT2D eigenvalue weighted by Crippen LogP contribution is -2.40. The minimum atomic E-state index is -0.934. The molecule has 0 heterocycles. The minimum absolute atomic E-state index is 0.0678. The second-order valence-electron chi connectivity index (χ2n) is 7.30. The third-order valence-electron chi connectivity index (χ3n) is 4.93. The van der Waals surface area contributed by atoms with Gasteiger partial charge in [-0.1, -0.05) is 38.3 Å². The normalized spacial score (nSPS) is 15.6. The van der Waals surface area contributed by atoms with Crippen LogP contribution in [0.2, 0.25) is 0 Å². The Morgan fingerprint density at radius 2 is 1.93 bits per heavy atom. The van der Waals surface area contributed by atoms with E-state index in [0.29, 0.717) is 6.54 Å². The van der Waals surface area contributed by atoms with Gasteiger partial charge in [0.1, 0.15) is 0 Å². The quantitative estimate of drug-likeness (QED) is 0.682. The summed E-state index contributed by atoms with van der Waals surface area (Å²) in [6, 6.07) is 7.07. The SMILES string of the molecule is CC(CN(C)C(=O)NCc1cccc(NC(=O)C2CCCCC2)c1)C(=O)O. The van der Waals surface area contributed by atoms with Gasteiger partial charge in [0.05, 0.1) is 5.92 Å². The number of carboxylic acids is 1. The van der Waals surface area contributed by atoms with Crippen molar-refractivity contribution in [2.45, 2.75) is 45.6 Å². The van der Waals surface area contributed by atoms with Crippen molar-refractivity contribution in [2.75, 3.05) is 18.9 Å². The molecule has 1 fully saturated rings. The van der Waals surface area contributed by atoms with Crippen LogP contribution in [-0.2, 0) is 16.1 Å². The van der Waals surface area contributed by atoms with E-state index in [1.165, 1.54) is 11.3 Å². The second kappa shape index (κ2) is 9.94. The van der Waals surface area contributed by atoms with E-state index >= 15 is 0 Å². The van der Waals surface area contributed by atoms with Crippen LogP contribution in [0.25, 0.3) is 0 Å². The average molecular weight is 375 g/mol. The van der Waals surface area contributed by atoms with E-state index in [4.69, 9.17) is 5.11 Å². The van der Waals surface area contributed by atoms with Crippen molar-refractivity contribution in [2.24, 2.45) is 11.8 Å². The van der Waals surface area contributed by atoms with Crippen LogP contribution in [0, 0.1) is 11.8 Å². The third-order valence-corrected chi connectivity index (χ3v) is 4.93. The highest BCUT2D eigenvalue weighted by Gasteiger charge is 2.21. The number of amides is 3. The Kier molecular flexibility index (Phi) is 7.64. The van der Waals surface area contributed by atoms with Crippen molar-refractivity contribution in [1.82, 2.24) is 10.2 Å². The Morgan fingerprint density at radius 1 is 1.22 bits per heavy atom. The van der Waals surface area contributed by atoms with E-state index in [9.17, 15) is 14.4 Å². The van der Waals surface area contributed by atoms with Crippen LogP contribution in [0.15, 0.2) is 24.3 Å². The monoisotopic (exact) mass is 375 g/mol. The molecular weight excluding hydrogens is 346 g/mol. The molecule has 0 spiro atoms. The van der Waals surface area contributed by atoms with E-state index in [0.717, 1.165) is 36.9 Å². The van der Waals surface area contributed by atoms with Crippen LogP contribution in [0.1, 0.15) is 44.6 Å². The van der Waals surface area contributed by atoms with Crippen LogP contribution in [0.4, 0.5) is 10.5 Å². The van der Waals surface area contributed by atoms with Gasteiger partial charge in [-0.2, -0.15) is 0 Å². The first kappa shape index (κ1) is 20.7. The highest BCUT2D eigenvalue weighted by molar-refractivity contribution is 5.92. The summed E-state index contributed by atoms with van der Waals surface area (Å²) in [5.74, 6) is -1.40. The van der Waals surface area contributed by atoms with Crippen LogP contribution in [0.3, 0.4) is 0 Å². The number of carboxylic acid groups (broad SMARTS) is 1. The zero-order chi connectivity index (χ0) is 19.8. The fraction of sp³-hybridized carbons (Fsp3) is 0.550. The zero-order valence-electron chi connectivity index (χ0n) is 16.0. The van der Waals surface area contributed by atoms with E-state index < -0.39 is 11.9 Å². The predicted molar refractivity (Wildman–Crippen MR) is 103 cm³/mol. The van der Waals surface area contributed by atoms with Gasteiger partial charge in [-0.15, -0.1) is 0 Å². The lowest BCUT2D eigenvalue weighted by atomic mass is 9.88. The van der Waals surface area contributed by atoms with E-state index in [1.54, 1.807) is 14.0 Å². The number of aliphatic carboxylic acids is 1. The maximum atomic E-state index is 12.4. The van der Waals surface area contributed by atoms with E-state index in [1.807, 2.05) is 24.3 Å². The minimum Gasteiger partial charge on any atom is -0.481 e. The van der Waals surface area contributed by atoms with Crippen molar-refractivity contribution in [3.05, 3.63) is 29.8 Å².